The van der Waals surface area contributed by atoms with Crippen LogP contribution in [0.25, 0.3) is 0 Å². The molecule has 1 amide bonds. The predicted molar refractivity (Wildman–Crippen MR) is 78.8 cm³/mol. The van der Waals surface area contributed by atoms with Gasteiger partial charge in [0.15, 0.2) is 0 Å². The molecule has 0 aliphatic rings. The highest BCUT2D eigenvalue weighted by Crippen LogP contribution is 2.12. The van der Waals surface area contributed by atoms with Crippen LogP contribution in [-0.4, -0.2) is 29.0 Å². The van der Waals surface area contributed by atoms with Crippen LogP contribution >= 0.6 is 0 Å². The smallest absolute Gasteiger partial charge is 0.251 e. The lowest BCUT2D eigenvalue weighted by Gasteiger charge is -2.10. The zero-order chi connectivity index (χ0) is 14.4. The zero-order valence-corrected chi connectivity index (χ0v) is 11.7. The summed E-state index contributed by atoms with van der Waals surface area (Å²) in [6.45, 7) is 5.06. The second kappa shape index (κ2) is 6.65. The van der Waals surface area contributed by atoms with E-state index in [1.165, 1.54) is 0 Å². The molecule has 0 saturated heterocycles. The number of benzene rings is 1. The van der Waals surface area contributed by atoms with Crippen LogP contribution < -0.4 is 10.6 Å². The van der Waals surface area contributed by atoms with Crippen molar-refractivity contribution in [3.8, 4) is 0 Å². The van der Waals surface area contributed by atoms with Crippen LogP contribution in [0.15, 0.2) is 36.7 Å². The van der Waals surface area contributed by atoms with Gasteiger partial charge in [-0.1, -0.05) is 12.1 Å². The van der Waals surface area contributed by atoms with Crippen LogP contribution in [0.5, 0.6) is 0 Å². The van der Waals surface area contributed by atoms with Crippen molar-refractivity contribution in [2.24, 2.45) is 0 Å². The highest BCUT2D eigenvalue weighted by atomic mass is 16.1. The van der Waals surface area contributed by atoms with Gasteiger partial charge in [0.2, 0.25) is 5.95 Å². The fourth-order valence-corrected chi connectivity index (χ4v) is 1.83. The summed E-state index contributed by atoms with van der Waals surface area (Å²) in [5.41, 5.74) is 2.86. The molecule has 104 valence electrons. The molecule has 5 nitrogen and oxygen atoms in total. The van der Waals surface area contributed by atoms with Gasteiger partial charge in [0.25, 0.3) is 5.91 Å². The first kappa shape index (κ1) is 14.0. The number of nitrogens with one attached hydrogen (secondary N) is 2. The molecule has 20 heavy (non-hydrogen) atoms. The number of aryl methyl sites for hydroxylation is 1. The number of carbonyl (C=O) groups excluding carboxylic acids is 1. The highest BCUT2D eigenvalue weighted by Gasteiger charge is 2.08. The van der Waals surface area contributed by atoms with Crippen molar-refractivity contribution in [3.63, 3.8) is 0 Å². The molecular formula is C15H18N4O. The van der Waals surface area contributed by atoms with Crippen molar-refractivity contribution in [1.82, 2.24) is 15.3 Å². The second-order valence-electron chi connectivity index (χ2n) is 4.50. The quantitative estimate of drug-likeness (QED) is 0.815. The first-order valence-electron chi connectivity index (χ1n) is 6.54. The van der Waals surface area contributed by atoms with E-state index in [0.29, 0.717) is 19.0 Å². The summed E-state index contributed by atoms with van der Waals surface area (Å²) in [6.07, 6.45) is 3.34. The van der Waals surface area contributed by atoms with Gasteiger partial charge >= 0.3 is 0 Å². The first-order chi connectivity index (χ1) is 9.68. The van der Waals surface area contributed by atoms with Crippen LogP contribution in [0, 0.1) is 13.8 Å². The number of anilines is 1. The molecule has 0 fully saturated rings. The van der Waals surface area contributed by atoms with Gasteiger partial charge < -0.3 is 10.6 Å². The van der Waals surface area contributed by atoms with E-state index in [0.717, 1.165) is 16.7 Å². The minimum absolute atomic E-state index is 0.0537. The van der Waals surface area contributed by atoms with E-state index < -0.39 is 0 Å². The van der Waals surface area contributed by atoms with Crippen molar-refractivity contribution in [2.75, 3.05) is 18.4 Å². The Labute approximate surface area is 118 Å². The number of carbonyl (C=O) groups is 1. The Kier molecular flexibility index (Phi) is 4.65. The molecule has 0 spiro atoms. The summed E-state index contributed by atoms with van der Waals surface area (Å²) < 4.78 is 0. The Morgan fingerprint density at radius 3 is 2.60 bits per heavy atom. The van der Waals surface area contributed by atoms with Crippen molar-refractivity contribution >= 4 is 11.9 Å². The molecule has 1 aromatic heterocycles. The van der Waals surface area contributed by atoms with Gasteiger partial charge in [0, 0.05) is 31.0 Å². The van der Waals surface area contributed by atoms with Gasteiger partial charge in [0.1, 0.15) is 0 Å². The van der Waals surface area contributed by atoms with Gasteiger partial charge in [-0.3, -0.25) is 4.79 Å². The third-order valence-corrected chi connectivity index (χ3v) is 3.11. The molecule has 2 N–H and O–H groups in total. The number of nitrogens with zero attached hydrogens (tertiary/aromatic N) is 2. The van der Waals surface area contributed by atoms with Gasteiger partial charge in [0.05, 0.1) is 0 Å². The topological polar surface area (TPSA) is 66.9 Å². The van der Waals surface area contributed by atoms with Crippen molar-refractivity contribution < 1.29 is 4.79 Å². The molecule has 0 aliphatic heterocycles. The van der Waals surface area contributed by atoms with Crippen molar-refractivity contribution in [2.45, 2.75) is 13.8 Å². The van der Waals surface area contributed by atoms with Crippen LogP contribution in [0.3, 0.4) is 0 Å². The molecule has 0 aliphatic carbocycles. The van der Waals surface area contributed by atoms with Crippen LogP contribution in [0.4, 0.5) is 5.95 Å². The maximum atomic E-state index is 12.1. The lowest BCUT2D eigenvalue weighted by molar-refractivity contribution is 0.0954. The van der Waals surface area contributed by atoms with Crippen molar-refractivity contribution in [3.05, 3.63) is 53.3 Å². The van der Waals surface area contributed by atoms with E-state index in [2.05, 4.69) is 20.6 Å². The Morgan fingerprint density at radius 2 is 1.85 bits per heavy atom. The van der Waals surface area contributed by atoms with Gasteiger partial charge in [-0.25, -0.2) is 9.97 Å². The highest BCUT2D eigenvalue weighted by molar-refractivity contribution is 5.95. The summed E-state index contributed by atoms with van der Waals surface area (Å²) in [5, 5.41) is 5.92. The second-order valence-corrected chi connectivity index (χ2v) is 4.50. The van der Waals surface area contributed by atoms with Crippen LogP contribution in [0.1, 0.15) is 21.5 Å². The lowest BCUT2D eigenvalue weighted by Crippen LogP contribution is -2.29. The Bertz CT molecular complexity index is 584. The fourth-order valence-electron chi connectivity index (χ4n) is 1.83. The van der Waals surface area contributed by atoms with E-state index in [9.17, 15) is 4.79 Å². The molecular weight excluding hydrogens is 252 g/mol. The number of hydrogen-bond donors (Lipinski definition) is 2. The third kappa shape index (κ3) is 3.54. The maximum Gasteiger partial charge on any atom is 0.251 e. The minimum Gasteiger partial charge on any atom is -0.352 e. The summed E-state index contributed by atoms with van der Waals surface area (Å²) in [6, 6.07) is 7.49. The third-order valence-electron chi connectivity index (χ3n) is 3.11. The van der Waals surface area contributed by atoms with Gasteiger partial charge in [-0.2, -0.15) is 0 Å². The molecule has 2 aromatic rings. The number of aromatic nitrogens is 2. The van der Waals surface area contributed by atoms with E-state index in [1.807, 2.05) is 32.0 Å². The molecule has 1 aromatic carbocycles. The standard InChI is InChI=1S/C15H18N4O/c1-11-5-3-6-13(12(11)2)14(20)16-9-10-19-15-17-7-4-8-18-15/h3-8H,9-10H2,1-2H3,(H,16,20)(H,17,18,19). The van der Waals surface area contributed by atoms with Crippen molar-refractivity contribution in [1.29, 1.82) is 0 Å². The SMILES string of the molecule is Cc1cccc(C(=O)NCCNc2ncccn2)c1C. The fraction of sp³-hybridized carbons (Fsp3) is 0.267. The summed E-state index contributed by atoms with van der Waals surface area (Å²) >= 11 is 0. The molecule has 1 heterocycles. The maximum absolute atomic E-state index is 12.1. The van der Waals surface area contributed by atoms with Gasteiger partial charge in [-0.15, -0.1) is 0 Å². The summed E-state index contributed by atoms with van der Waals surface area (Å²) in [4.78, 5) is 20.1. The molecule has 2 rings (SSSR count). The van der Waals surface area contributed by atoms with E-state index in [-0.39, 0.29) is 5.91 Å². The molecule has 0 radical (unpaired) electrons. The largest absolute Gasteiger partial charge is 0.352 e. The molecule has 0 saturated carbocycles. The molecule has 0 atom stereocenters. The normalized spacial score (nSPS) is 10.1. The Balaban J connectivity index is 1.82. The first-order valence-corrected chi connectivity index (χ1v) is 6.54. The van der Waals surface area contributed by atoms with E-state index in [4.69, 9.17) is 0 Å². The summed E-state index contributed by atoms with van der Waals surface area (Å²) in [5.74, 6) is 0.510. The molecule has 5 heteroatoms. The average molecular weight is 270 g/mol. The number of rotatable bonds is 5. The van der Waals surface area contributed by atoms with Crippen LogP contribution in [-0.2, 0) is 0 Å². The number of hydrogen-bond acceptors (Lipinski definition) is 4. The van der Waals surface area contributed by atoms with Crippen LogP contribution in [0.2, 0.25) is 0 Å². The summed E-state index contributed by atoms with van der Waals surface area (Å²) in [7, 11) is 0. The molecule has 0 bridgehead atoms. The lowest BCUT2D eigenvalue weighted by atomic mass is 10.0. The Morgan fingerprint density at radius 1 is 1.10 bits per heavy atom. The monoisotopic (exact) mass is 270 g/mol. The Hall–Kier alpha value is -2.43. The zero-order valence-electron chi connectivity index (χ0n) is 11.7. The average Bonchev–Trinajstić information content (AvgIpc) is 2.47. The number of amides is 1. The minimum atomic E-state index is -0.0537. The van der Waals surface area contributed by atoms with E-state index in [1.54, 1.807) is 18.5 Å². The predicted octanol–water partition coefficient (Wildman–Crippen LogP) is 1.94. The molecule has 0 unspecified atom stereocenters. The van der Waals surface area contributed by atoms with E-state index >= 15 is 0 Å². The van der Waals surface area contributed by atoms with Gasteiger partial charge in [-0.05, 0) is 37.1 Å².